The lowest BCUT2D eigenvalue weighted by Crippen LogP contribution is -2.31. The Labute approximate surface area is 195 Å². The molecule has 6 nitrogen and oxygen atoms in total. The average molecular weight is 452 g/mol. The number of carbonyl (C=O) groups is 1. The fraction of sp³-hybridized carbons (Fsp3) is 0.0769. The third kappa shape index (κ3) is 4.36. The van der Waals surface area contributed by atoms with Gasteiger partial charge in [-0.15, -0.1) is 0 Å². The molecule has 5 rings (SSSR count). The Morgan fingerprint density at radius 3 is 2.58 bits per heavy atom. The van der Waals surface area contributed by atoms with Crippen LogP contribution in [-0.4, -0.2) is 25.5 Å². The monoisotopic (exact) mass is 451 g/mol. The maximum atomic E-state index is 13.2. The van der Waals surface area contributed by atoms with Gasteiger partial charge in [0.25, 0.3) is 5.91 Å². The van der Waals surface area contributed by atoms with Crippen LogP contribution in [0, 0.1) is 6.92 Å². The fourth-order valence-electron chi connectivity index (χ4n) is 3.78. The standard InChI is InChI=1S/C26H21N5OS/c1-18-7-5-10-22(33-20-8-3-2-4-9-20)24(18)25(30-26(32)19-12-15-27-16-13-19)21-17-28-23-11-6-14-29-31(21)23/h2-17,25H,1H3,(H,30,32). The molecule has 0 radical (unpaired) electrons. The highest BCUT2D eigenvalue weighted by Crippen LogP contribution is 2.37. The summed E-state index contributed by atoms with van der Waals surface area (Å²) >= 11 is 1.67. The Morgan fingerprint density at radius 1 is 0.939 bits per heavy atom. The second kappa shape index (κ2) is 9.26. The number of imidazole rings is 1. The molecule has 7 heteroatoms. The third-order valence-corrected chi connectivity index (χ3v) is 6.45. The van der Waals surface area contributed by atoms with Gasteiger partial charge in [-0.05, 0) is 60.5 Å². The summed E-state index contributed by atoms with van der Waals surface area (Å²) < 4.78 is 1.78. The van der Waals surface area contributed by atoms with Gasteiger partial charge in [-0.25, -0.2) is 9.50 Å². The molecule has 33 heavy (non-hydrogen) atoms. The number of amides is 1. The molecular formula is C26H21N5OS. The molecule has 0 aliphatic rings. The van der Waals surface area contributed by atoms with E-state index >= 15 is 0 Å². The quantitative estimate of drug-likeness (QED) is 0.389. The number of hydrogen-bond donors (Lipinski definition) is 1. The van der Waals surface area contributed by atoms with Gasteiger partial charge >= 0.3 is 0 Å². The predicted molar refractivity (Wildman–Crippen MR) is 128 cm³/mol. The van der Waals surface area contributed by atoms with Gasteiger partial charge in [0.1, 0.15) is 0 Å². The summed E-state index contributed by atoms with van der Waals surface area (Å²) in [7, 11) is 0. The number of carbonyl (C=O) groups excluding carboxylic acids is 1. The smallest absolute Gasteiger partial charge is 0.252 e. The van der Waals surface area contributed by atoms with Crippen molar-refractivity contribution in [3.63, 3.8) is 0 Å². The first-order valence-electron chi connectivity index (χ1n) is 10.5. The Morgan fingerprint density at radius 2 is 1.76 bits per heavy atom. The van der Waals surface area contributed by atoms with Gasteiger partial charge in [-0.3, -0.25) is 9.78 Å². The van der Waals surface area contributed by atoms with Crippen LogP contribution in [0.15, 0.2) is 107 Å². The van der Waals surface area contributed by atoms with E-state index in [1.165, 1.54) is 0 Å². The van der Waals surface area contributed by atoms with Crippen molar-refractivity contribution in [3.8, 4) is 0 Å². The number of fused-ring (bicyclic) bond motifs is 1. The van der Waals surface area contributed by atoms with Gasteiger partial charge < -0.3 is 5.32 Å². The molecule has 0 fully saturated rings. The zero-order valence-corrected chi connectivity index (χ0v) is 18.7. The van der Waals surface area contributed by atoms with Crippen LogP contribution in [0.1, 0.15) is 33.2 Å². The lowest BCUT2D eigenvalue weighted by molar-refractivity contribution is 0.0941. The molecule has 1 atom stereocenters. The average Bonchev–Trinajstić information content (AvgIpc) is 3.28. The fourth-order valence-corrected chi connectivity index (χ4v) is 4.87. The predicted octanol–water partition coefficient (Wildman–Crippen LogP) is 5.10. The van der Waals surface area contributed by atoms with Gasteiger partial charge in [-0.1, -0.05) is 42.1 Å². The SMILES string of the molecule is Cc1cccc(Sc2ccccc2)c1C(NC(=O)c1ccncc1)c1cnc2cccnn12. The number of benzene rings is 2. The lowest BCUT2D eigenvalue weighted by atomic mass is 9.98. The van der Waals surface area contributed by atoms with Gasteiger partial charge in [-0.2, -0.15) is 5.10 Å². The van der Waals surface area contributed by atoms with Crippen LogP contribution in [0.4, 0.5) is 0 Å². The van der Waals surface area contributed by atoms with E-state index in [0.717, 1.165) is 32.3 Å². The first-order chi connectivity index (χ1) is 16.2. The topological polar surface area (TPSA) is 72.2 Å². The van der Waals surface area contributed by atoms with Crippen molar-refractivity contribution in [2.75, 3.05) is 0 Å². The highest BCUT2D eigenvalue weighted by molar-refractivity contribution is 7.99. The molecule has 0 spiro atoms. The highest BCUT2D eigenvalue weighted by atomic mass is 32.2. The molecule has 1 amide bonds. The van der Waals surface area contributed by atoms with Crippen LogP contribution >= 0.6 is 11.8 Å². The van der Waals surface area contributed by atoms with Crippen molar-refractivity contribution in [1.29, 1.82) is 0 Å². The number of hydrogen-bond acceptors (Lipinski definition) is 5. The Hall–Kier alpha value is -3.97. The highest BCUT2D eigenvalue weighted by Gasteiger charge is 2.26. The Balaban J connectivity index is 1.64. The van der Waals surface area contributed by atoms with E-state index in [-0.39, 0.29) is 5.91 Å². The summed E-state index contributed by atoms with van der Waals surface area (Å²) in [5.74, 6) is -0.188. The Kier molecular flexibility index (Phi) is 5.87. The van der Waals surface area contributed by atoms with Crippen molar-refractivity contribution in [2.24, 2.45) is 0 Å². The van der Waals surface area contributed by atoms with Gasteiger partial charge in [0.15, 0.2) is 5.65 Å². The molecule has 0 saturated heterocycles. The minimum absolute atomic E-state index is 0.188. The summed E-state index contributed by atoms with van der Waals surface area (Å²) in [6.45, 7) is 2.06. The number of nitrogens with one attached hydrogen (secondary N) is 1. The van der Waals surface area contributed by atoms with Gasteiger partial charge in [0, 0.05) is 33.9 Å². The molecule has 1 unspecified atom stereocenters. The second-order valence-corrected chi connectivity index (χ2v) is 8.64. The number of pyridine rings is 1. The summed E-state index contributed by atoms with van der Waals surface area (Å²) in [5, 5.41) is 7.73. The Bertz CT molecular complexity index is 1400. The first kappa shape index (κ1) is 20.9. The molecule has 0 saturated carbocycles. The van der Waals surface area contributed by atoms with E-state index in [1.54, 1.807) is 53.2 Å². The molecule has 3 aromatic heterocycles. The normalized spacial score (nSPS) is 11.9. The molecule has 0 aliphatic carbocycles. The first-order valence-corrected chi connectivity index (χ1v) is 11.3. The number of aryl methyl sites for hydroxylation is 1. The van der Waals surface area contributed by atoms with Crippen molar-refractivity contribution in [1.82, 2.24) is 24.9 Å². The van der Waals surface area contributed by atoms with Crippen LogP contribution in [0.2, 0.25) is 0 Å². The van der Waals surface area contributed by atoms with Crippen LogP contribution < -0.4 is 5.32 Å². The summed E-state index contributed by atoms with van der Waals surface area (Å²) in [4.78, 5) is 24.0. The second-order valence-electron chi connectivity index (χ2n) is 7.52. The zero-order chi connectivity index (χ0) is 22.6. The van der Waals surface area contributed by atoms with E-state index in [9.17, 15) is 4.79 Å². The van der Waals surface area contributed by atoms with Crippen molar-refractivity contribution < 1.29 is 4.79 Å². The van der Waals surface area contributed by atoms with Crippen LogP contribution in [0.3, 0.4) is 0 Å². The van der Waals surface area contributed by atoms with Crippen molar-refractivity contribution in [2.45, 2.75) is 22.8 Å². The van der Waals surface area contributed by atoms with E-state index in [1.807, 2.05) is 36.4 Å². The summed E-state index contributed by atoms with van der Waals surface area (Å²) in [6.07, 6.45) is 6.73. The minimum Gasteiger partial charge on any atom is -0.339 e. The molecule has 0 bridgehead atoms. The molecule has 3 heterocycles. The minimum atomic E-state index is -0.456. The van der Waals surface area contributed by atoms with Crippen LogP contribution in [0.25, 0.3) is 5.65 Å². The molecule has 1 N–H and O–H groups in total. The number of aromatic nitrogens is 4. The molecule has 5 aromatic rings. The molecule has 162 valence electrons. The number of nitrogens with zero attached hydrogens (tertiary/aromatic N) is 4. The van der Waals surface area contributed by atoms with Crippen molar-refractivity contribution >= 4 is 23.3 Å². The van der Waals surface area contributed by atoms with Crippen LogP contribution in [0.5, 0.6) is 0 Å². The lowest BCUT2D eigenvalue weighted by Gasteiger charge is -2.23. The molecular weight excluding hydrogens is 430 g/mol. The van der Waals surface area contributed by atoms with E-state index in [4.69, 9.17) is 0 Å². The van der Waals surface area contributed by atoms with Gasteiger partial charge in [0.05, 0.1) is 17.9 Å². The molecule has 0 aliphatic heterocycles. The number of rotatable bonds is 6. The maximum absolute atomic E-state index is 13.2. The van der Waals surface area contributed by atoms with E-state index in [2.05, 4.69) is 51.6 Å². The van der Waals surface area contributed by atoms with Crippen LogP contribution in [-0.2, 0) is 0 Å². The van der Waals surface area contributed by atoms with Crippen molar-refractivity contribution in [3.05, 3.63) is 120 Å². The largest absolute Gasteiger partial charge is 0.339 e. The zero-order valence-electron chi connectivity index (χ0n) is 17.9. The third-order valence-electron chi connectivity index (χ3n) is 5.36. The summed E-state index contributed by atoms with van der Waals surface area (Å²) in [5.41, 5.74) is 4.14. The molecule has 2 aromatic carbocycles. The van der Waals surface area contributed by atoms with E-state index in [0.29, 0.717) is 5.56 Å². The summed E-state index contributed by atoms with van der Waals surface area (Å²) in [6, 6.07) is 23.1. The maximum Gasteiger partial charge on any atom is 0.252 e. The van der Waals surface area contributed by atoms with E-state index < -0.39 is 6.04 Å². The van der Waals surface area contributed by atoms with Gasteiger partial charge in [0.2, 0.25) is 0 Å².